The fourth-order valence-corrected chi connectivity index (χ4v) is 5.23. The minimum Gasteiger partial charge on any atom is -0.493 e. The number of fused-ring (bicyclic) bond motifs is 2. The maximum absolute atomic E-state index is 13.5. The van der Waals surface area contributed by atoms with Crippen LogP contribution < -0.4 is 20.1 Å². The Morgan fingerprint density at radius 1 is 1.10 bits per heavy atom. The van der Waals surface area contributed by atoms with Crippen LogP contribution >= 0.6 is 0 Å². The van der Waals surface area contributed by atoms with Gasteiger partial charge in [-0.2, -0.15) is 0 Å². The summed E-state index contributed by atoms with van der Waals surface area (Å²) in [7, 11) is 1.51. The second-order valence-corrected chi connectivity index (χ2v) is 10.9. The number of carbonyl (C=O) groups excluding carboxylic acids is 4. The third-order valence-electron chi connectivity index (χ3n) is 7.59. The van der Waals surface area contributed by atoms with Crippen molar-refractivity contribution in [2.75, 3.05) is 46.5 Å². The van der Waals surface area contributed by atoms with Crippen LogP contribution in [0.5, 0.6) is 11.5 Å². The van der Waals surface area contributed by atoms with Crippen molar-refractivity contribution in [1.82, 2.24) is 20.5 Å². The lowest BCUT2D eigenvalue weighted by atomic mass is 9.76. The summed E-state index contributed by atoms with van der Waals surface area (Å²) in [6.45, 7) is 2.66. The van der Waals surface area contributed by atoms with Gasteiger partial charge in [0.25, 0.3) is 11.8 Å². The quantitative estimate of drug-likeness (QED) is 0.498. The van der Waals surface area contributed by atoms with E-state index in [1.165, 1.54) is 7.11 Å². The van der Waals surface area contributed by atoms with E-state index in [1.54, 1.807) is 48.5 Å². The molecular formula is C31H40N4O7. The molecule has 1 fully saturated rings. The SMILES string of the molecule is CCOC(=O)C1(CC2CC2)CNC(=O)CCCN(C(=O)c2ccncc2)CCNC(=O)COc2cc(ccc2OC)C1. The summed E-state index contributed by atoms with van der Waals surface area (Å²) in [6, 6.07) is 8.63. The molecule has 2 aromatic rings. The summed E-state index contributed by atoms with van der Waals surface area (Å²) in [4.78, 5) is 57.9. The molecule has 1 unspecified atom stereocenters. The smallest absolute Gasteiger partial charge is 0.314 e. The Hall–Kier alpha value is -4.15. The average Bonchev–Trinajstić information content (AvgIpc) is 3.81. The predicted molar refractivity (Wildman–Crippen MR) is 154 cm³/mol. The summed E-state index contributed by atoms with van der Waals surface area (Å²) in [5.74, 6) is 0.0806. The number of rotatable bonds is 6. The maximum Gasteiger partial charge on any atom is 0.314 e. The number of esters is 1. The van der Waals surface area contributed by atoms with E-state index in [4.69, 9.17) is 14.2 Å². The molecule has 11 nitrogen and oxygen atoms in total. The lowest BCUT2D eigenvalue weighted by molar-refractivity contribution is -0.156. The molecule has 226 valence electrons. The normalized spacial score (nSPS) is 20.7. The summed E-state index contributed by atoms with van der Waals surface area (Å²) in [5.41, 5.74) is 0.309. The van der Waals surface area contributed by atoms with Gasteiger partial charge in [-0.15, -0.1) is 0 Å². The standard InChI is InChI=1S/C31H40N4O7/c1-3-41-30(39)31(18-22-6-7-22)19-23-8-9-25(40-2)26(17-23)42-20-28(37)33-14-16-35(15-4-5-27(36)34-21-31)29(38)24-10-12-32-13-11-24/h8-13,17,22H,3-7,14-16,18-21H2,1-2H3,(H,33,37)(H,34,36). The van der Waals surface area contributed by atoms with Crippen molar-refractivity contribution in [2.24, 2.45) is 11.3 Å². The number of hydrogen-bond acceptors (Lipinski definition) is 8. The van der Waals surface area contributed by atoms with E-state index in [1.807, 2.05) is 6.07 Å². The van der Waals surface area contributed by atoms with Gasteiger partial charge in [0.05, 0.1) is 19.1 Å². The summed E-state index contributed by atoms with van der Waals surface area (Å²) >= 11 is 0. The number of methoxy groups -OCH3 is 1. The first-order valence-corrected chi connectivity index (χ1v) is 14.5. The molecule has 1 aliphatic heterocycles. The highest BCUT2D eigenvalue weighted by Crippen LogP contribution is 2.43. The fourth-order valence-electron chi connectivity index (χ4n) is 5.23. The van der Waals surface area contributed by atoms with Crippen molar-refractivity contribution in [2.45, 2.75) is 45.4 Å². The average molecular weight is 581 g/mol. The zero-order valence-corrected chi connectivity index (χ0v) is 24.4. The van der Waals surface area contributed by atoms with Crippen LogP contribution in [0.3, 0.4) is 0 Å². The molecule has 2 bridgehead atoms. The molecule has 4 rings (SSSR count). The van der Waals surface area contributed by atoms with Crippen LogP contribution in [0.2, 0.25) is 0 Å². The van der Waals surface area contributed by atoms with Crippen molar-refractivity contribution in [3.8, 4) is 11.5 Å². The van der Waals surface area contributed by atoms with E-state index in [0.717, 1.165) is 18.4 Å². The molecule has 3 amide bonds. The van der Waals surface area contributed by atoms with Crippen LogP contribution in [0.15, 0.2) is 42.7 Å². The molecule has 1 saturated carbocycles. The van der Waals surface area contributed by atoms with E-state index in [2.05, 4.69) is 15.6 Å². The van der Waals surface area contributed by atoms with Crippen LogP contribution in [-0.2, 0) is 25.5 Å². The minimum atomic E-state index is -0.967. The number of hydrogen-bond donors (Lipinski definition) is 2. The van der Waals surface area contributed by atoms with Gasteiger partial charge >= 0.3 is 5.97 Å². The van der Waals surface area contributed by atoms with Crippen LogP contribution in [-0.4, -0.2) is 80.1 Å². The van der Waals surface area contributed by atoms with E-state index < -0.39 is 5.41 Å². The first-order valence-electron chi connectivity index (χ1n) is 14.5. The summed E-state index contributed by atoms with van der Waals surface area (Å²) in [5, 5.41) is 5.79. The van der Waals surface area contributed by atoms with Gasteiger partial charge in [-0.1, -0.05) is 18.9 Å². The number of amides is 3. The highest BCUT2D eigenvalue weighted by molar-refractivity contribution is 5.94. The van der Waals surface area contributed by atoms with Crippen molar-refractivity contribution in [3.05, 3.63) is 53.9 Å². The first-order chi connectivity index (χ1) is 20.3. The van der Waals surface area contributed by atoms with Crippen LogP contribution in [0.4, 0.5) is 0 Å². The molecule has 1 aliphatic carbocycles. The van der Waals surface area contributed by atoms with E-state index in [0.29, 0.717) is 48.8 Å². The molecule has 1 aromatic carbocycles. The van der Waals surface area contributed by atoms with Gasteiger partial charge in [-0.05, 0) is 61.9 Å². The Morgan fingerprint density at radius 2 is 1.88 bits per heavy atom. The Balaban J connectivity index is 1.60. The summed E-state index contributed by atoms with van der Waals surface area (Å²) < 4.78 is 16.8. The number of pyridine rings is 1. The third-order valence-corrected chi connectivity index (χ3v) is 7.59. The zero-order chi connectivity index (χ0) is 30.0. The molecule has 0 spiro atoms. The number of benzene rings is 1. The van der Waals surface area contributed by atoms with Gasteiger partial charge in [-0.25, -0.2) is 0 Å². The molecule has 42 heavy (non-hydrogen) atoms. The Labute approximate surface area is 246 Å². The summed E-state index contributed by atoms with van der Waals surface area (Å²) in [6.07, 6.45) is 6.65. The van der Waals surface area contributed by atoms with Gasteiger partial charge in [0.2, 0.25) is 5.91 Å². The van der Waals surface area contributed by atoms with Crippen LogP contribution in [0.25, 0.3) is 0 Å². The number of ether oxygens (including phenoxy) is 3. The predicted octanol–water partition coefficient (Wildman–Crippen LogP) is 2.53. The Morgan fingerprint density at radius 3 is 2.60 bits per heavy atom. The van der Waals surface area contributed by atoms with Gasteiger partial charge < -0.3 is 29.7 Å². The van der Waals surface area contributed by atoms with Crippen molar-refractivity contribution in [1.29, 1.82) is 0 Å². The lowest BCUT2D eigenvalue weighted by Gasteiger charge is -2.32. The number of aromatic nitrogens is 1. The van der Waals surface area contributed by atoms with Crippen LogP contribution in [0, 0.1) is 11.3 Å². The van der Waals surface area contributed by atoms with E-state index >= 15 is 0 Å². The van der Waals surface area contributed by atoms with Crippen molar-refractivity contribution < 1.29 is 33.4 Å². The monoisotopic (exact) mass is 580 g/mol. The maximum atomic E-state index is 13.5. The number of nitrogens with one attached hydrogen (secondary N) is 2. The highest BCUT2D eigenvalue weighted by atomic mass is 16.5. The molecule has 11 heteroatoms. The van der Waals surface area contributed by atoms with Crippen LogP contribution in [0.1, 0.15) is 54.9 Å². The molecule has 2 N–H and O–H groups in total. The lowest BCUT2D eigenvalue weighted by Crippen LogP contribution is -2.46. The fraction of sp³-hybridized carbons (Fsp3) is 0.516. The van der Waals surface area contributed by atoms with Crippen molar-refractivity contribution >= 4 is 23.7 Å². The highest BCUT2D eigenvalue weighted by Gasteiger charge is 2.44. The van der Waals surface area contributed by atoms with Gasteiger partial charge in [0, 0.05) is 50.6 Å². The molecule has 2 aliphatic rings. The molecule has 1 atom stereocenters. The number of carbonyl (C=O) groups is 4. The zero-order valence-electron chi connectivity index (χ0n) is 24.4. The van der Waals surface area contributed by atoms with Crippen molar-refractivity contribution in [3.63, 3.8) is 0 Å². The molecular weight excluding hydrogens is 540 g/mol. The second-order valence-electron chi connectivity index (χ2n) is 10.9. The first kappa shape index (κ1) is 30.8. The Kier molecular flexibility index (Phi) is 10.7. The second kappa shape index (κ2) is 14.7. The minimum absolute atomic E-state index is 0.130. The van der Waals surface area contributed by atoms with Gasteiger partial charge in [0.15, 0.2) is 18.1 Å². The molecule has 0 saturated heterocycles. The van der Waals surface area contributed by atoms with E-state index in [9.17, 15) is 19.2 Å². The van der Waals surface area contributed by atoms with E-state index in [-0.39, 0.29) is 63.0 Å². The molecule has 0 radical (unpaired) electrons. The van der Waals surface area contributed by atoms with Gasteiger partial charge in [-0.3, -0.25) is 24.2 Å². The van der Waals surface area contributed by atoms with Gasteiger partial charge in [0.1, 0.15) is 0 Å². The topological polar surface area (TPSA) is 136 Å². The molecule has 2 heterocycles. The molecule has 1 aromatic heterocycles. The largest absolute Gasteiger partial charge is 0.493 e. The Bertz CT molecular complexity index is 1250. The number of nitrogens with zero attached hydrogens (tertiary/aromatic N) is 2. The third kappa shape index (κ3) is 8.43.